The smallest absolute Gasteiger partial charge is 0.160 e. The van der Waals surface area contributed by atoms with Gasteiger partial charge in [-0.25, -0.2) is 9.97 Å². The zero-order valence-electron chi connectivity index (χ0n) is 11.0. The van der Waals surface area contributed by atoms with Crippen LogP contribution >= 0.6 is 0 Å². The van der Waals surface area contributed by atoms with Crippen molar-refractivity contribution in [3.63, 3.8) is 0 Å². The van der Waals surface area contributed by atoms with Crippen LogP contribution in [0.1, 0.15) is 18.9 Å². The second-order valence-corrected chi connectivity index (χ2v) is 5.06. The van der Waals surface area contributed by atoms with Crippen molar-refractivity contribution in [1.82, 2.24) is 29.9 Å². The first-order valence-corrected chi connectivity index (χ1v) is 6.80. The molecule has 1 atom stereocenters. The molecule has 1 aliphatic heterocycles. The molecule has 0 saturated carbocycles. The van der Waals surface area contributed by atoms with E-state index in [1.165, 1.54) is 0 Å². The molecule has 0 aromatic carbocycles. The van der Waals surface area contributed by atoms with Gasteiger partial charge in [-0.1, -0.05) is 0 Å². The lowest BCUT2D eigenvalue weighted by atomic mass is 10.1. The third-order valence-corrected chi connectivity index (χ3v) is 3.82. The summed E-state index contributed by atoms with van der Waals surface area (Å²) < 4.78 is 2.04. The van der Waals surface area contributed by atoms with E-state index in [9.17, 15) is 0 Å². The van der Waals surface area contributed by atoms with Crippen molar-refractivity contribution in [2.24, 2.45) is 0 Å². The number of aromatic amines is 1. The lowest BCUT2D eigenvalue weighted by Gasteiger charge is -2.33. The van der Waals surface area contributed by atoms with E-state index < -0.39 is 0 Å². The van der Waals surface area contributed by atoms with Gasteiger partial charge in [0.25, 0.3) is 0 Å². The van der Waals surface area contributed by atoms with Gasteiger partial charge in [0.2, 0.25) is 0 Å². The topological polar surface area (TPSA) is 75.5 Å². The van der Waals surface area contributed by atoms with Crippen molar-refractivity contribution in [3.8, 4) is 0 Å². The largest absolute Gasteiger partial charge is 0.354 e. The molecule has 0 radical (unpaired) electrons. The molecule has 3 aromatic rings. The Morgan fingerprint density at radius 1 is 1.30 bits per heavy atom. The summed E-state index contributed by atoms with van der Waals surface area (Å²) in [6.45, 7) is 1.92. The van der Waals surface area contributed by atoms with E-state index in [2.05, 4.69) is 30.2 Å². The maximum Gasteiger partial charge on any atom is 0.160 e. The van der Waals surface area contributed by atoms with E-state index >= 15 is 0 Å². The number of hydrogen-bond acceptors (Lipinski definition) is 5. The van der Waals surface area contributed by atoms with Gasteiger partial charge < -0.3 is 4.90 Å². The van der Waals surface area contributed by atoms with Gasteiger partial charge in [0, 0.05) is 25.5 Å². The molecule has 4 heterocycles. The Balaban J connectivity index is 1.66. The maximum absolute atomic E-state index is 4.44. The normalized spacial score (nSPS) is 19.6. The zero-order valence-corrected chi connectivity index (χ0v) is 11.0. The van der Waals surface area contributed by atoms with Crippen LogP contribution in [0.15, 0.2) is 31.0 Å². The molecule has 1 aliphatic rings. The van der Waals surface area contributed by atoms with Gasteiger partial charge in [0.15, 0.2) is 5.65 Å². The minimum atomic E-state index is 0.399. The number of nitrogens with one attached hydrogen (secondary N) is 1. The fourth-order valence-corrected chi connectivity index (χ4v) is 2.86. The molecule has 102 valence electrons. The van der Waals surface area contributed by atoms with Crippen LogP contribution in [0.25, 0.3) is 11.0 Å². The van der Waals surface area contributed by atoms with Crippen LogP contribution < -0.4 is 4.90 Å². The Morgan fingerprint density at radius 2 is 2.30 bits per heavy atom. The summed E-state index contributed by atoms with van der Waals surface area (Å²) in [7, 11) is 0. The van der Waals surface area contributed by atoms with Gasteiger partial charge >= 0.3 is 0 Å². The Bertz CT molecular complexity index is 702. The third kappa shape index (κ3) is 1.82. The molecule has 1 fully saturated rings. The molecule has 7 nitrogen and oxygen atoms in total. The third-order valence-electron chi connectivity index (χ3n) is 3.82. The van der Waals surface area contributed by atoms with Crippen LogP contribution in [0.4, 0.5) is 5.82 Å². The molecule has 0 aliphatic carbocycles. The number of H-pyrrole nitrogens is 1. The second-order valence-electron chi connectivity index (χ2n) is 5.06. The Morgan fingerprint density at radius 3 is 3.20 bits per heavy atom. The van der Waals surface area contributed by atoms with Crippen LogP contribution in [-0.4, -0.2) is 43.0 Å². The molecule has 1 saturated heterocycles. The lowest BCUT2D eigenvalue weighted by molar-refractivity contribution is 0.375. The molecular weight excluding hydrogens is 254 g/mol. The Hall–Kier alpha value is -2.44. The van der Waals surface area contributed by atoms with Gasteiger partial charge in [-0.05, 0) is 18.9 Å². The number of aromatic nitrogens is 6. The quantitative estimate of drug-likeness (QED) is 0.761. The van der Waals surface area contributed by atoms with Gasteiger partial charge in [-0.15, -0.1) is 0 Å². The molecule has 7 heteroatoms. The summed E-state index contributed by atoms with van der Waals surface area (Å²) in [6.07, 6.45) is 9.53. The number of rotatable bonds is 2. The molecule has 0 bridgehead atoms. The van der Waals surface area contributed by atoms with E-state index in [-0.39, 0.29) is 0 Å². The highest BCUT2D eigenvalue weighted by atomic mass is 15.3. The first kappa shape index (κ1) is 11.4. The molecular formula is C13H15N7. The maximum atomic E-state index is 4.44. The fraction of sp³-hybridized carbons (Fsp3) is 0.385. The average Bonchev–Trinajstić information content (AvgIpc) is 3.18. The highest BCUT2D eigenvalue weighted by molar-refractivity contribution is 5.86. The highest BCUT2D eigenvalue weighted by Gasteiger charge is 2.24. The van der Waals surface area contributed by atoms with Crippen LogP contribution in [0.2, 0.25) is 0 Å². The van der Waals surface area contributed by atoms with E-state index in [1.807, 2.05) is 23.1 Å². The van der Waals surface area contributed by atoms with Crippen molar-refractivity contribution in [3.05, 3.63) is 31.0 Å². The summed E-state index contributed by atoms with van der Waals surface area (Å²) >= 11 is 0. The summed E-state index contributed by atoms with van der Waals surface area (Å²) in [5, 5.41) is 12.3. The van der Waals surface area contributed by atoms with Gasteiger partial charge in [-0.2, -0.15) is 10.2 Å². The van der Waals surface area contributed by atoms with Crippen molar-refractivity contribution in [2.45, 2.75) is 18.9 Å². The van der Waals surface area contributed by atoms with E-state index in [0.29, 0.717) is 6.04 Å². The molecule has 0 spiro atoms. The van der Waals surface area contributed by atoms with Crippen molar-refractivity contribution in [1.29, 1.82) is 0 Å². The molecule has 3 aromatic heterocycles. The van der Waals surface area contributed by atoms with Gasteiger partial charge in [0.05, 0.1) is 17.6 Å². The monoisotopic (exact) mass is 269 g/mol. The second kappa shape index (κ2) is 4.59. The van der Waals surface area contributed by atoms with Crippen molar-refractivity contribution >= 4 is 16.9 Å². The first-order valence-electron chi connectivity index (χ1n) is 6.80. The number of anilines is 1. The molecule has 4 rings (SSSR count). The lowest BCUT2D eigenvalue weighted by Crippen LogP contribution is -2.37. The van der Waals surface area contributed by atoms with Crippen LogP contribution in [0.5, 0.6) is 0 Å². The molecule has 1 unspecified atom stereocenters. The van der Waals surface area contributed by atoms with Gasteiger partial charge in [-0.3, -0.25) is 9.78 Å². The number of hydrogen-bond donors (Lipinski definition) is 1. The van der Waals surface area contributed by atoms with Gasteiger partial charge in [0.1, 0.15) is 12.1 Å². The predicted molar refractivity (Wildman–Crippen MR) is 74.4 cm³/mol. The summed E-state index contributed by atoms with van der Waals surface area (Å²) in [5.41, 5.74) is 0.788. The van der Waals surface area contributed by atoms with Crippen LogP contribution in [-0.2, 0) is 0 Å². The number of nitrogens with zero attached hydrogens (tertiary/aromatic N) is 6. The minimum absolute atomic E-state index is 0.399. The van der Waals surface area contributed by atoms with E-state index in [4.69, 9.17) is 0 Å². The molecule has 1 N–H and O–H groups in total. The summed E-state index contributed by atoms with van der Waals surface area (Å²) in [4.78, 5) is 10.9. The molecule has 0 amide bonds. The van der Waals surface area contributed by atoms with E-state index in [0.717, 1.165) is 42.8 Å². The fourth-order valence-electron chi connectivity index (χ4n) is 2.86. The number of fused-ring (bicyclic) bond motifs is 1. The van der Waals surface area contributed by atoms with Crippen molar-refractivity contribution in [2.75, 3.05) is 18.0 Å². The molecule has 20 heavy (non-hydrogen) atoms. The Labute approximate surface area is 115 Å². The minimum Gasteiger partial charge on any atom is -0.354 e. The standard InChI is InChI=1S/C13H15N7/c1-3-10(20-6-2-4-17-20)8-19(5-1)13-11-7-16-18-12(11)14-9-15-13/h2,4,6-7,9-10H,1,3,5,8H2,(H,14,15,16,18). The highest BCUT2D eigenvalue weighted by Crippen LogP contribution is 2.28. The van der Waals surface area contributed by atoms with Crippen LogP contribution in [0, 0.1) is 0 Å². The van der Waals surface area contributed by atoms with E-state index in [1.54, 1.807) is 12.5 Å². The predicted octanol–water partition coefficient (Wildman–Crippen LogP) is 1.39. The first-order chi connectivity index (χ1) is 9.92. The number of piperidine rings is 1. The summed E-state index contributed by atoms with van der Waals surface area (Å²) in [5.74, 6) is 0.959. The zero-order chi connectivity index (χ0) is 13.4. The van der Waals surface area contributed by atoms with Crippen molar-refractivity contribution < 1.29 is 0 Å². The van der Waals surface area contributed by atoms with Crippen LogP contribution in [0.3, 0.4) is 0 Å². The SMILES string of the molecule is c1cnn(C2CCCN(c3ncnc4[nH]ncc34)C2)c1. The Kier molecular flexibility index (Phi) is 2.61. The average molecular weight is 269 g/mol. The summed E-state index contributed by atoms with van der Waals surface area (Å²) in [6, 6.07) is 2.37.